The van der Waals surface area contributed by atoms with Gasteiger partial charge in [-0.25, -0.2) is 0 Å². The summed E-state index contributed by atoms with van der Waals surface area (Å²) in [4.78, 5) is 14.5. The second-order valence-corrected chi connectivity index (χ2v) is 3.78. The van der Waals surface area contributed by atoms with Crippen molar-refractivity contribution >= 4 is 17.8 Å². The Hall–Kier alpha value is -1.63. The van der Waals surface area contributed by atoms with E-state index in [2.05, 4.69) is 25.6 Å². The highest BCUT2D eigenvalue weighted by Crippen LogP contribution is 2.10. The van der Waals surface area contributed by atoms with Gasteiger partial charge in [0.25, 0.3) is 0 Å². The molecule has 0 unspecified atom stereocenters. The van der Waals surface area contributed by atoms with E-state index in [9.17, 15) is 0 Å². The van der Waals surface area contributed by atoms with Crippen molar-refractivity contribution in [1.29, 1.82) is 0 Å². The standard InChI is InChI=1S/C10H20N6O/c1-11-8-13-9(12-6-4-5-7-17)15-10(14-8)16(2)3/h17H,4-7H2,1-3H3,(H2,11,12,13,14,15). The van der Waals surface area contributed by atoms with Crippen LogP contribution in [0.1, 0.15) is 12.8 Å². The molecule has 0 radical (unpaired) electrons. The van der Waals surface area contributed by atoms with Gasteiger partial charge in [0.2, 0.25) is 17.8 Å². The molecule has 0 atom stereocenters. The lowest BCUT2D eigenvalue weighted by Gasteiger charge is -2.13. The van der Waals surface area contributed by atoms with Crippen molar-refractivity contribution in [2.75, 3.05) is 49.8 Å². The third-order valence-electron chi connectivity index (χ3n) is 2.12. The van der Waals surface area contributed by atoms with Crippen LogP contribution in [-0.4, -0.2) is 54.4 Å². The van der Waals surface area contributed by atoms with Crippen molar-refractivity contribution in [3.63, 3.8) is 0 Å². The molecule has 1 rings (SSSR count). The molecule has 0 aliphatic carbocycles. The van der Waals surface area contributed by atoms with E-state index in [1.54, 1.807) is 7.05 Å². The van der Waals surface area contributed by atoms with Crippen LogP contribution in [-0.2, 0) is 0 Å². The summed E-state index contributed by atoms with van der Waals surface area (Å²) in [7, 11) is 5.53. The number of nitrogens with zero attached hydrogens (tertiary/aromatic N) is 4. The quantitative estimate of drug-likeness (QED) is 0.585. The smallest absolute Gasteiger partial charge is 0.231 e. The number of hydrogen-bond donors (Lipinski definition) is 3. The van der Waals surface area contributed by atoms with E-state index < -0.39 is 0 Å². The zero-order valence-electron chi connectivity index (χ0n) is 10.6. The lowest BCUT2D eigenvalue weighted by Crippen LogP contribution is -2.16. The molecule has 0 amide bonds. The monoisotopic (exact) mass is 240 g/mol. The van der Waals surface area contributed by atoms with Crippen LogP contribution in [0.2, 0.25) is 0 Å². The average Bonchev–Trinajstić information content (AvgIpc) is 2.34. The third-order valence-corrected chi connectivity index (χ3v) is 2.12. The van der Waals surface area contributed by atoms with E-state index >= 15 is 0 Å². The molecule has 1 aromatic rings. The van der Waals surface area contributed by atoms with E-state index in [-0.39, 0.29) is 6.61 Å². The summed E-state index contributed by atoms with van der Waals surface area (Å²) in [6.07, 6.45) is 1.66. The van der Waals surface area contributed by atoms with Gasteiger partial charge in [0, 0.05) is 34.3 Å². The molecule has 0 bridgehead atoms. The van der Waals surface area contributed by atoms with Crippen LogP contribution in [0.3, 0.4) is 0 Å². The summed E-state index contributed by atoms with van der Waals surface area (Å²) in [6.45, 7) is 0.949. The molecule has 1 aromatic heterocycles. The highest BCUT2D eigenvalue weighted by Gasteiger charge is 2.06. The van der Waals surface area contributed by atoms with Crippen molar-refractivity contribution < 1.29 is 5.11 Å². The molecule has 0 fully saturated rings. The first kappa shape index (κ1) is 13.4. The summed E-state index contributed by atoms with van der Waals surface area (Å²) in [6, 6.07) is 0. The van der Waals surface area contributed by atoms with E-state index in [1.165, 1.54) is 0 Å². The van der Waals surface area contributed by atoms with Crippen molar-refractivity contribution in [2.24, 2.45) is 0 Å². The second kappa shape index (κ2) is 6.85. The molecular formula is C10H20N6O. The van der Waals surface area contributed by atoms with Gasteiger partial charge in [-0.1, -0.05) is 0 Å². The van der Waals surface area contributed by atoms with Gasteiger partial charge >= 0.3 is 0 Å². The fourth-order valence-electron chi connectivity index (χ4n) is 1.19. The van der Waals surface area contributed by atoms with Crippen LogP contribution in [0.4, 0.5) is 17.8 Å². The topological polar surface area (TPSA) is 86.2 Å². The largest absolute Gasteiger partial charge is 0.396 e. The molecule has 0 saturated heterocycles. The molecular weight excluding hydrogens is 220 g/mol. The minimum atomic E-state index is 0.212. The lowest BCUT2D eigenvalue weighted by molar-refractivity contribution is 0.286. The Bertz CT molecular complexity index is 344. The summed E-state index contributed by atoms with van der Waals surface area (Å²) in [5.41, 5.74) is 0. The Morgan fingerprint density at radius 1 is 1.12 bits per heavy atom. The molecule has 0 aliphatic rings. The number of aromatic nitrogens is 3. The molecule has 96 valence electrons. The number of hydrogen-bond acceptors (Lipinski definition) is 7. The molecule has 0 spiro atoms. The van der Waals surface area contributed by atoms with Crippen LogP contribution >= 0.6 is 0 Å². The van der Waals surface area contributed by atoms with Gasteiger partial charge in [0.05, 0.1) is 0 Å². The molecule has 1 heterocycles. The maximum absolute atomic E-state index is 8.68. The fourth-order valence-corrected chi connectivity index (χ4v) is 1.19. The summed E-state index contributed by atoms with van der Waals surface area (Å²) >= 11 is 0. The maximum atomic E-state index is 8.68. The SMILES string of the molecule is CNc1nc(NCCCCO)nc(N(C)C)n1. The van der Waals surface area contributed by atoms with Gasteiger partial charge in [-0.2, -0.15) is 15.0 Å². The molecule has 0 aliphatic heterocycles. The Balaban J connectivity index is 2.66. The molecule has 17 heavy (non-hydrogen) atoms. The van der Waals surface area contributed by atoms with Gasteiger partial charge in [-0.05, 0) is 12.8 Å². The minimum absolute atomic E-state index is 0.212. The molecule has 0 saturated carbocycles. The normalized spacial score (nSPS) is 10.1. The van der Waals surface area contributed by atoms with Crippen molar-refractivity contribution in [3.05, 3.63) is 0 Å². The van der Waals surface area contributed by atoms with E-state index in [0.717, 1.165) is 19.4 Å². The number of unbranched alkanes of at least 4 members (excludes halogenated alkanes) is 1. The van der Waals surface area contributed by atoms with Gasteiger partial charge in [0.15, 0.2) is 0 Å². The molecule has 3 N–H and O–H groups in total. The number of nitrogens with one attached hydrogen (secondary N) is 2. The first-order valence-corrected chi connectivity index (χ1v) is 5.63. The van der Waals surface area contributed by atoms with E-state index in [1.807, 2.05) is 19.0 Å². The number of rotatable bonds is 7. The second-order valence-electron chi connectivity index (χ2n) is 3.78. The maximum Gasteiger partial charge on any atom is 0.231 e. The Morgan fingerprint density at radius 3 is 2.41 bits per heavy atom. The number of aliphatic hydroxyl groups is 1. The average molecular weight is 240 g/mol. The molecule has 0 aromatic carbocycles. The summed E-state index contributed by atoms with van der Waals surface area (Å²) in [5.74, 6) is 1.69. The highest BCUT2D eigenvalue weighted by molar-refractivity contribution is 5.42. The predicted octanol–water partition coefficient (Wildman–Crippen LogP) is 0.164. The zero-order valence-corrected chi connectivity index (χ0v) is 10.6. The predicted molar refractivity (Wildman–Crippen MR) is 68.5 cm³/mol. The van der Waals surface area contributed by atoms with E-state index in [0.29, 0.717) is 17.8 Å². The van der Waals surface area contributed by atoms with Gasteiger partial charge in [-0.15, -0.1) is 0 Å². The van der Waals surface area contributed by atoms with Crippen LogP contribution in [0.5, 0.6) is 0 Å². The molecule has 7 nitrogen and oxygen atoms in total. The number of anilines is 3. The zero-order chi connectivity index (χ0) is 12.7. The summed E-state index contributed by atoms with van der Waals surface area (Å²) < 4.78 is 0. The van der Waals surface area contributed by atoms with Crippen LogP contribution in [0, 0.1) is 0 Å². The third kappa shape index (κ3) is 4.39. The molecule has 7 heteroatoms. The van der Waals surface area contributed by atoms with Crippen molar-refractivity contribution in [2.45, 2.75) is 12.8 Å². The minimum Gasteiger partial charge on any atom is -0.396 e. The van der Waals surface area contributed by atoms with Crippen molar-refractivity contribution in [1.82, 2.24) is 15.0 Å². The van der Waals surface area contributed by atoms with Crippen molar-refractivity contribution in [3.8, 4) is 0 Å². The Morgan fingerprint density at radius 2 is 1.82 bits per heavy atom. The van der Waals surface area contributed by atoms with Crippen LogP contribution < -0.4 is 15.5 Å². The van der Waals surface area contributed by atoms with Gasteiger partial charge < -0.3 is 20.6 Å². The van der Waals surface area contributed by atoms with Crippen LogP contribution in [0.25, 0.3) is 0 Å². The Labute approximate surface area is 101 Å². The van der Waals surface area contributed by atoms with E-state index in [4.69, 9.17) is 5.11 Å². The fraction of sp³-hybridized carbons (Fsp3) is 0.700. The lowest BCUT2D eigenvalue weighted by atomic mass is 10.3. The van der Waals surface area contributed by atoms with Gasteiger partial charge in [-0.3, -0.25) is 0 Å². The summed E-state index contributed by atoms with van der Waals surface area (Å²) in [5, 5.41) is 14.7. The highest BCUT2D eigenvalue weighted by atomic mass is 16.2. The van der Waals surface area contributed by atoms with Gasteiger partial charge in [0.1, 0.15) is 0 Å². The number of aliphatic hydroxyl groups excluding tert-OH is 1. The first-order chi connectivity index (χ1) is 8.17. The first-order valence-electron chi connectivity index (χ1n) is 5.63. The van der Waals surface area contributed by atoms with Crippen LogP contribution in [0.15, 0.2) is 0 Å². The Kier molecular flexibility index (Phi) is 5.41.